The molecule has 0 spiro atoms. The molecule has 1 rings (SSSR count). The van der Waals surface area contributed by atoms with Crippen molar-refractivity contribution < 1.29 is 8.78 Å². The summed E-state index contributed by atoms with van der Waals surface area (Å²) >= 11 is 0. The number of nitrogens with one attached hydrogen (secondary N) is 1. The first-order valence-electron chi connectivity index (χ1n) is 4.64. The Morgan fingerprint density at radius 2 is 2.14 bits per heavy atom. The molecule has 0 atom stereocenters. The van der Waals surface area contributed by atoms with Gasteiger partial charge >= 0.3 is 0 Å². The van der Waals surface area contributed by atoms with Crippen LogP contribution in [-0.4, -0.2) is 11.5 Å². The fourth-order valence-electron chi connectivity index (χ4n) is 1.02. The molecule has 78 valence electrons. The predicted molar refractivity (Wildman–Crippen MR) is 52.1 cm³/mol. The smallest absolute Gasteiger partial charge is 0.168 e. The van der Waals surface area contributed by atoms with E-state index >= 15 is 0 Å². The van der Waals surface area contributed by atoms with Gasteiger partial charge in [-0.1, -0.05) is 13.8 Å². The van der Waals surface area contributed by atoms with Gasteiger partial charge in [-0.15, -0.1) is 0 Å². The average molecular weight is 200 g/mol. The zero-order valence-electron chi connectivity index (χ0n) is 8.35. The van der Waals surface area contributed by atoms with E-state index in [2.05, 4.69) is 24.1 Å². The second-order valence-corrected chi connectivity index (χ2v) is 3.59. The van der Waals surface area contributed by atoms with Crippen LogP contribution in [0.2, 0.25) is 0 Å². The third kappa shape index (κ3) is 3.28. The number of rotatable bonds is 4. The molecular weight excluding hydrogens is 186 g/mol. The van der Waals surface area contributed by atoms with Crippen molar-refractivity contribution in [3.8, 4) is 0 Å². The maximum absolute atomic E-state index is 13.0. The van der Waals surface area contributed by atoms with E-state index in [0.717, 1.165) is 18.7 Å². The lowest BCUT2D eigenvalue weighted by atomic mass is 10.1. The molecule has 0 aliphatic rings. The molecule has 0 unspecified atom stereocenters. The summed E-state index contributed by atoms with van der Waals surface area (Å²) in [6.45, 7) is 4.81. The van der Waals surface area contributed by atoms with Gasteiger partial charge in [-0.3, -0.25) is 0 Å². The molecule has 0 bridgehead atoms. The number of pyridine rings is 1. The summed E-state index contributed by atoms with van der Waals surface area (Å²) in [5.41, 5.74) is 0. The molecule has 1 aromatic rings. The summed E-state index contributed by atoms with van der Waals surface area (Å²) in [6.07, 6.45) is 1.93. The molecule has 0 aromatic carbocycles. The van der Waals surface area contributed by atoms with Gasteiger partial charge < -0.3 is 5.32 Å². The summed E-state index contributed by atoms with van der Waals surface area (Å²) in [4.78, 5) is 3.61. The third-order valence-corrected chi connectivity index (χ3v) is 1.82. The normalized spacial score (nSPS) is 10.6. The van der Waals surface area contributed by atoms with E-state index in [0.29, 0.717) is 12.5 Å². The molecule has 14 heavy (non-hydrogen) atoms. The molecule has 0 aliphatic carbocycles. The molecule has 0 saturated heterocycles. The number of anilines is 1. The van der Waals surface area contributed by atoms with Crippen molar-refractivity contribution in [2.75, 3.05) is 11.9 Å². The molecule has 2 nitrogen and oxygen atoms in total. The minimum absolute atomic E-state index is 0.118. The van der Waals surface area contributed by atoms with Gasteiger partial charge in [0.2, 0.25) is 0 Å². The van der Waals surface area contributed by atoms with Crippen molar-refractivity contribution in [3.63, 3.8) is 0 Å². The Kier molecular flexibility index (Phi) is 3.80. The van der Waals surface area contributed by atoms with Crippen LogP contribution >= 0.6 is 0 Å². The summed E-state index contributed by atoms with van der Waals surface area (Å²) in [6, 6.07) is 0.824. The highest BCUT2D eigenvalue weighted by molar-refractivity contribution is 5.35. The molecular formula is C10H14F2N2. The predicted octanol–water partition coefficient (Wildman–Crippen LogP) is 2.82. The summed E-state index contributed by atoms with van der Waals surface area (Å²) < 4.78 is 25.5. The van der Waals surface area contributed by atoms with Crippen LogP contribution in [-0.2, 0) is 0 Å². The highest BCUT2D eigenvalue weighted by atomic mass is 19.1. The standard InChI is InChI=1S/C10H14F2N2/c1-7(2)3-4-13-10-9(12)5-8(11)6-14-10/h5-7H,3-4H2,1-2H3,(H,13,14). The Labute approximate surface area is 82.4 Å². The third-order valence-electron chi connectivity index (χ3n) is 1.82. The van der Waals surface area contributed by atoms with Crippen LogP contribution in [0.25, 0.3) is 0 Å². The van der Waals surface area contributed by atoms with Crippen LogP contribution in [0.4, 0.5) is 14.6 Å². The topological polar surface area (TPSA) is 24.9 Å². The van der Waals surface area contributed by atoms with E-state index in [9.17, 15) is 8.78 Å². The van der Waals surface area contributed by atoms with Crippen LogP contribution < -0.4 is 5.32 Å². The Bertz CT molecular complexity index is 300. The fourth-order valence-corrected chi connectivity index (χ4v) is 1.02. The maximum atomic E-state index is 13.0. The molecule has 0 amide bonds. The number of hydrogen-bond donors (Lipinski definition) is 1. The van der Waals surface area contributed by atoms with Crippen molar-refractivity contribution in [3.05, 3.63) is 23.9 Å². The number of nitrogens with zero attached hydrogens (tertiary/aromatic N) is 1. The van der Waals surface area contributed by atoms with Crippen LogP contribution in [0.5, 0.6) is 0 Å². The Morgan fingerprint density at radius 1 is 1.43 bits per heavy atom. The van der Waals surface area contributed by atoms with Crippen molar-refractivity contribution in [1.82, 2.24) is 4.98 Å². The monoisotopic (exact) mass is 200 g/mol. The first-order chi connectivity index (χ1) is 6.59. The average Bonchev–Trinajstić information content (AvgIpc) is 2.08. The van der Waals surface area contributed by atoms with E-state index in [1.807, 2.05) is 0 Å². The Morgan fingerprint density at radius 3 is 2.71 bits per heavy atom. The highest BCUT2D eigenvalue weighted by Crippen LogP contribution is 2.11. The Hall–Kier alpha value is -1.19. The van der Waals surface area contributed by atoms with Gasteiger partial charge in [-0.25, -0.2) is 13.8 Å². The lowest BCUT2D eigenvalue weighted by Gasteiger charge is -2.07. The second-order valence-electron chi connectivity index (χ2n) is 3.59. The van der Waals surface area contributed by atoms with Crippen LogP contribution in [0, 0.1) is 17.6 Å². The first-order valence-corrected chi connectivity index (χ1v) is 4.64. The molecule has 1 heterocycles. The van der Waals surface area contributed by atoms with E-state index in [1.54, 1.807) is 0 Å². The lowest BCUT2D eigenvalue weighted by Crippen LogP contribution is -2.07. The van der Waals surface area contributed by atoms with E-state index in [4.69, 9.17) is 0 Å². The number of hydrogen-bond acceptors (Lipinski definition) is 2. The molecule has 0 saturated carbocycles. The van der Waals surface area contributed by atoms with Gasteiger partial charge in [-0.05, 0) is 12.3 Å². The fraction of sp³-hybridized carbons (Fsp3) is 0.500. The van der Waals surface area contributed by atoms with E-state index in [1.165, 1.54) is 0 Å². The molecule has 1 aromatic heterocycles. The van der Waals surface area contributed by atoms with Crippen molar-refractivity contribution >= 4 is 5.82 Å². The number of aromatic nitrogens is 1. The van der Waals surface area contributed by atoms with Gasteiger partial charge in [0, 0.05) is 12.6 Å². The van der Waals surface area contributed by atoms with Gasteiger partial charge in [-0.2, -0.15) is 0 Å². The summed E-state index contributed by atoms with van der Waals surface area (Å²) in [5.74, 6) is -0.635. The summed E-state index contributed by atoms with van der Waals surface area (Å²) in [5, 5.41) is 2.82. The summed E-state index contributed by atoms with van der Waals surface area (Å²) in [7, 11) is 0. The molecule has 4 heteroatoms. The lowest BCUT2D eigenvalue weighted by molar-refractivity contribution is 0.570. The van der Waals surface area contributed by atoms with Crippen LogP contribution in [0.1, 0.15) is 20.3 Å². The van der Waals surface area contributed by atoms with Gasteiger partial charge in [0.1, 0.15) is 5.82 Å². The number of halogens is 2. The SMILES string of the molecule is CC(C)CCNc1ncc(F)cc1F. The second kappa shape index (κ2) is 4.88. The maximum Gasteiger partial charge on any atom is 0.168 e. The van der Waals surface area contributed by atoms with Gasteiger partial charge in [0.05, 0.1) is 6.20 Å². The molecule has 0 fully saturated rings. The van der Waals surface area contributed by atoms with Gasteiger partial charge in [0.25, 0.3) is 0 Å². The van der Waals surface area contributed by atoms with E-state index in [-0.39, 0.29) is 5.82 Å². The van der Waals surface area contributed by atoms with Crippen LogP contribution in [0.3, 0.4) is 0 Å². The highest BCUT2D eigenvalue weighted by Gasteiger charge is 2.04. The zero-order valence-corrected chi connectivity index (χ0v) is 8.35. The molecule has 1 N–H and O–H groups in total. The van der Waals surface area contributed by atoms with Crippen LogP contribution in [0.15, 0.2) is 12.3 Å². The molecule has 0 aliphatic heterocycles. The quantitative estimate of drug-likeness (QED) is 0.808. The Balaban J connectivity index is 2.51. The van der Waals surface area contributed by atoms with Gasteiger partial charge in [0.15, 0.2) is 11.6 Å². The van der Waals surface area contributed by atoms with E-state index < -0.39 is 11.6 Å². The van der Waals surface area contributed by atoms with Crippen molar-refractivity contribution in [2.45, 2.75) is 20.3 Å². The zero-order chi connectivity index (χ0) is 10.6. The molecule has 0 radical (unpaired) electrons. The van der Waals surface area contributed by atoms with Crippen molar-refractivity contribution in [1.29, 1.82) is 0 Å². The van der Waals surface area contributed by atoms with Crippen molar-refractivity contribution in [2.24, 2.45) is 5.92 Å². The minimum Gasteiger partial charge on any atom is -0.368 e. The minimum atomic E-state index is -0.656. The largest absolute Gasteiger partial charge is 0.368 e. The first kappa shape index (κ1) is 10.9.